The molecule has 6 nitrogen and oxygen atoms in total. The van der Waals surface area contributed by atoms with E-state index >= 15 is 0 Å². The first-order valence-electron chi connectivity index (χ1n) is 10.3. The molecule has 0 aromatic heterocycles. The molecule has 0 saturated heterocycles. The van der Waals surface area contributed by atoms with Gasteiger partial charge in [0.05, 0.1) is 18.0 Å². The van der Waals surface area contributed by atoms with E-state index in [0.717, 1.165) is 0 Å². The molecule has 0 aromatic carbocycles. The smallest absolute Gasteiger partial charge is 0.193 e. The normalized spacial score (nSPS) is 49.8. The molecule has 0 radical (unpaired) electrons. The number of Topliss-reactive ketones (excluding diaryl/α,β-unsaturated/α-hetero) is 1. The molecule has 160 valence electrons. The Labute approximate surface area is 171 Å². The second kappa shape index (κ2) is 5.82. The SMILES string of the molecule is C=C(C)O[C@@]12C[C@@H](C)[C@]3(O)[C@@H]4C=C(C)C(=O)[C@@]4(O)[C@H](O)C(CO)=C[C@H]3[C@@H]1C2(C)C. The van der Waals surface area contributed by atoms with Crippen molar-refractivity contribution in [3.05, 3.63) is 35.6 Å². The predicted octanol–water partition coefficient (Wildman–Crippen LogP) is 1.49. The summed E-state index contributed by atoms with van der Waals surface area (Å²) in [5.41, 5.74) is -4.00. The summed E-state index contributed by atoms with van der Waals surface area (Å²) in [5.74, 6) is -1.93. The van der Waals surface area contributed by atoms with Crippen LogP contribution in [-0.2, 0) is 9.53 Å². The van der Waals surface area contributed by atoms with Crippen LogP contribution in [0.4, 0.5) is 0 Å². The molecule has 0 heterocycles. The lowest BCUT2D eigenvalue weighted by Gasteiger charge is -2.51. The van der Waals surface area contributed by atoms with Crippen LogP contribution in [0, 0.1) is 29.1 Å². The second-order valence-electron chi connectivity index (χ2n) is 10.2. The summed E-state index contributed by atoms with van der Waals surface area (Å²) in [5, 5.41) is 44.5. The van der Waals surface area contributed by atoms with Crippen LogP contribution in [0.2, 0.25) is 0 Å². The van der Waals surface area contributed by atoms with Gasteiger partial charge in [-0.15, -0.1) is 0 Å². The summed E-state index contributed by atoms with van der Waals surface area (Å²) in [4.78, 5) is 12.9. The van der Waals surface area contributed by atoms with Gasteiger partial charge in [-0.1, -0.05) is 39.5 Å². The Bertz CT molecular complexity index is 855. The number of hydrogen-bond acceptors (Lipinski definition) is 6. The van der Waals surface area contributed by atoms with E-state index in [1.807, 2.05) is 6.92 Å². The van der Waals surface area contributed by atoms with Gasteiger partial charge < -0.3 is 25.2 Å². The minimum absolute atomic E-state index is 0.117. The zero-order valence-electron chi connectivity index (χ0n) is 17.8. The second-order valence-corrected chi connectivity index (χ2v) is 10.2. The van der Waals surface area contributed by atoms with Crippen molar-refractivity contribution in [3.63, 3.8) is 0 Å². The first-order chi connectivity index (χ1) is 13.3. The Hall–Kier alpha value is -1.47. The highest BCUT2D eigenvalue weighted by molar-refractivity contribution is 6.05. The molecule has 6 heteroatoms. The van der Waals surface area contributed by atoms with E-state index in [2.05, 4.69) is 20.4 Å². The van der Waals surface area contributed by atoms with E-state index in [0.29, 0.717) is 17.8 Å². The summed E-state index contributed by atoms with van der Waals surface area (Å²) in [6.45, 7) is 12.9. The molecule has 29 heavy (non-hydrogen) atoms. The maximum Gasteiger partial charge on any atom is 0.193 e. The predicted molar refractivity (Wildman–Crippen MR) is 107 cm³/mol. The molecule has 0 spiro atoms. The van der Waals surface area contributed by atoms with Crippen molar-refractivity contribution in [1.29, 1.82) is 0 Å². The van der Waals surface area contributed by atoms with Gasteiger partial charge in [-0.3, -0.25) is 4.79 Å². The first kappa shape index (κ1) is 20.8. The minimum atomic E-state index is -2.19. The number of rotatable bonds is 3. The van der Waals surface area contributed by atoms with Crippen LogP contribution in [0.3, 0.4) is 0 Å². The fourth-order valence-corrected chi connectivity index (χ4v) is 6.92. The van der Waals surface area contributed by atoms with Crippen LogP contribution in [0.15, 0.2) is 35.6 Å². The third-order valence-electron chi connectivity index (χ3n) is 8.39. The molecule has 4 rings (SSSR count). The number of carbonyl (C=O) groups excluding carboxylic acids is 1. The fraction of sp³-hybridized carbons (Fsp3) is 0.696. The summed E-state index contributed by atoms with van der Waals surface area (Å²) in [7, 11) is 0. The fourth-order valence-electron chi connectivity index (χ4n) is 6.92. The highest BCUT2D eigenvalue weighted by Crippen LogP contribution is 2.76. The van der Waals surface area contributed by atoms with Crippen LogP contribution in [0.1, 0.15) is 41.0 Å². The van der Waals surface area contributed by atoms with Gasteiger partial charge in [-0.2, -0.15) is 0 Å². The molecule has 0 bridgehead atoms. The number of fused-ring (bicyclic) bond motifs is 5. The number of hydrogen-bond donors (Lipinski definition) is 4. The zero-order chi connectivity index (χ0) is 21.7. The van der Waals surface area contributed by atoms with Crippen molar-refractivity contribution in [2.45, 2.75) is 63.9 Å². The van der Waals surface area contributed by atoms with Gasteiger partial charge >= 0.3 is 0 Å². The van der Waals surface area contributed by atoms with Crippen molar-refractivity contribution in [2.75, 3.05) is 6.61 Å². The molecule has 4 aliphatic carbocycles. The molecule has 4 aliphatic rings. The monoisotopic (exact) mass is 404 g/mol. The van der Waals surface area contributed by atoms with Crippen LogP contribution in [0.5, 0.6) is 0 Å². The quantitative estimate of drug-likeness (QED) is 0.419. The number of aliphatic hydroxyl groups is 4. The van der Waals surface area contributed by atoms with Gasteiger partial charge in [0.2, 0.25) is 0 Å². The zero-order valence-corrected chi connectivity index (χ0v) is 17.8. The van der Waals surface area contributed by atoms with Gasteiger partial charge in [-0.05, 0) is 37.3 Å². The highest BCUT2D eigenvalue weighted by Gasteiger charge is 2.83. The van der Waals surface area contributed by atoms with Gasteiger partial charge in [0.1, 0.15) is 11.7 Å². The number of ether oxygens (including phenoxy) is 1. The number of carbonyl (C=O) groups is 1. The summed E-state index contributed by atoms with van der Waals surface area (Å²) in [6.07, 6.45) is 2.24. The van der Waals surface area contributed by atoms with Crippen LogP contribution in [-0.4, -0.2) is 55.7 Å². The van der Waals surface area contributed by atoms with E-state index in [-0.39, 0.29) is 22.8 Å². The van der Waals surface area contributed by atoms with Crippen LogP contribution >= 0.6 is 0 Å². The lowest BCUT2D eigenvalue weighted by molar-refractivity contribution is -0.193. The van der Waals surface area contributed by atoms with Crippen LogP contribution < -0.4 is 0 Å². The Morgan fingerprint density at radius 2 is 1.93 bits per heavy atom. The van der Waals surface area contributed by atoms with E-state index in [1.165, 1.54) is 0 Å². The van der Waals surface area contributed by atoms with Crippen molar-refractivity contribution in [3.8, 4) is 0 Å². The Balaban J connectivity index is 1.94. The molecular formula is C23H32O6. The van der Waals surface area contributed by atoms with Crippen molar-refractivity contribution in [2.24, 2.45) is 29.1 Å². The summed E-state index contributed by atoms with van der Waals surface area (Å²) in [6, 6.07) is 0. The maximum absolute atomic E-state index is 12.9. The van der Waals surface area contributed by atoms with E-state index in [9.17, 15) is 25.2 Å². The third-order valence-corrected chi connectivity index (χ3v) is 8.39. The maximum atomic E-state index is 12.9. The largest absolute Gasteiger partial charge is 0.492 e. The van der Waals surface area contributed by atoms with Gasteiger partial charge in [0.25, 0.3) is 0 Å². The molecule has 2 fully saturated rings. The van der Waals surface area contributed by atoms with Crippen molar-refractivity contribution >= 4 is 5.78 Å². The molecule has 0 aromatic rings. The number of aliphatic hydroxyl groups excluding tert-OH is 2. The van der Waals surface area contributed by atoms with E-state index in [4.69, 9.17) is 4.74 Å². The lowest BCUT2D eigenvalue weighted by atomic mass is 9.59. The third kappa shape index (κ3) is 2.18. The standard InChI is InChI=1S/C23H32O6/c1-11(2)29-21-9-13(4)22(27)15(17(21)20(21,5)6)8-14(10-24)19(26)23(28)16(22)7-12(3)18(23)25/h7-8,13,15-17,19,24,26-28H,1,9-10H2,2-6H3/t13-,15+,16+,17-,19-,21+,22-,23-/m1/s1. The lowest BCUT2D eigenvalue weighted by Crippen LogP contribution is -2.64. The van der Waals surface area contributed by atoms with Crippen molar-refractivity contribution in [1.82, 2.24) is 0 Å². The first-order valence-corrected chi connectivity index (χ1v) is 10.3. The molecule has 0 unspecified atom stereocenters. The number of allylic oxidation sites excluding steroid dienone is 1. The van der Waals surface area contributed by atoms with E-state index < -0.39 is 47.1 Å². The molecule has 0 amide bonds. The van der Waals surface area contributed by atoms with Gasteiger partial charge in [-0.25, -0.2) is 0 Å². The molecule has 0 aliphatic heterocycles. The average molecular weight is 405 g/mol. The van der Waals surface area contributed by atoms with Gasteiger partial charge in [0.15, 0.2) is 11.4 Å². The minimum Gasteiger partial charge on any atom is -0.492 e. The molecule has 4 N–H and O–H groups in total. The molecular weight excluding hydrogens is 372 g/mol. The molecule has 2 saturated carbocycles. The summed E-state index contributed by atoms with van der Waals surface area (Å²) < 4.78 is 6.24. The Morgan fingerprint density at radius 1 is 1.31 bits per heavy atom. The highest BCUT2D eigenvalue weighted by atomic mass is 16.5. The van der Waals surface area contributed by atoms with Crippen LogP contribution in [0.25, 0.3) is 0 Å². The van der Waals surface area contributed by atoms with Gasteiger partial charge in [0, 0.05) is 23.2 Å². The summed E-state index contributed by atoms with van der Waals surface area (Å²) >= 11 is 0. The Kier molecular flexibility index (Phi) is 4.17. The van der Waals surface area contributed by atoms with E-state index in [1.54, 1.807) is 26.0 Å². The van der Waals surface area contributed by atoms with Crippen molar-refractivity contribution < 1.29 is 30.0 Å². The topological polar surface area (TPSA) is 107 Å². The average Bonchev–Trinajstić information content (AvgIpc) is 3.00. The Morgan fingerprint density at radius 3 is 2.48 bits per heavy atom. The molecule has 8 atom stereocenters. The number of ketones is 1.